The number of Topliss-reactive ketones (excluding diaryl/α,β-unsaturated/α-hetero) is 1. The van der Waals surface area contributed by atoms with E-state index in [1.165, 1.54) is 0 Å². The molecule has 5 heteroatoms. The van der Waals surface area contributed by atoms with Crippen LogP contribution in [0.1, 0.15) is 22.3 Å². The first kappa shape index (κ1) is 13.5. The molecule has 20 heavy (non-hydrogen) atoms. The Labute approximate surface area is 127 Å². The lowest BCUT2D eigenvalue weighted by molar-refractivity contribution is 0.0994. The summed E-state index contributed by atoms with van der Waals surface area (Å²) < 4.78 is 32.7. The number of rotatable bonds is 2. The van der Waals surface area contributed by atoms with Crippen LogP contribution in [0.15, 0.2) is 30.3 Å². The Morgan fingerprint density at radius 1 is 1.05 bits per heavy atom. The zero-order valence-electron chi connectivity index (χ0n) is 10.3. The van der Waals surface area contributed by atoms with Crippen LogP contribution >= 0.6 is 22.6 Å². The molecule has 0 radical (unpaired) electrons. The molecule has 0 aliphatic heterocycles. The zero-order valence-corrected chi connectivity index (χ0v) is 12.4. The van der Waals surface area contributed by atoms with Crippen molar-refractivity contribution in [1.29, 1.82) is 0 Å². The normalized spacial score (nSPS) is 13.4. The zero-order chi connectivity index (χ0) is 14.3. The molecule has 0 N–H and O–H groups in total. The fourth-order valence-electron chi connectivity index (χ4n) is 2.32. The molecule has 102 valence electrons. The molecule has 2 aromatic carbocycles. The van der Waals surface area contributed by atoms with Crippen molar-refractivity contribution in [2.45, 2.75) is 12.8 Å². The SMILES string of the molecule is O=C1CCc2c(Oc3cc(F)cc(F)c3)ccc(I)c21. The number of hydrogen-bond donors (Lipinski definition) is 0. The highest BCUT2D eigenvalue weighted by Gasteiger charge is 2.25. The summed E-state index contributed by atoms with van der Waals surface area (Å²) in [5.74, 6) is -0.738. The standard InChI is InChI=1S/C15H9F2IO2/c16-8-5-9(17)7-10(6-8)20-14-4-2-12(18)15-11(14)1-3-13(15)19/h2,4-7H,1,3H2. The van der Waals surface area contributed by atoms with Crippen molar-refractivity contribution in [2.24, 2.45) is 0 Å². The number of ketones is 1. The Bertz CT molecular complexity index is 693. The Morgan fingerprint density at radius 2 is 1.75 bits per heavy atom. The van der Waals surface area contributed by atoms with E-state index in [0.717, 1.165) is 27.3 Å². The van der Waals surface area contributed by atoms with Crippen LogP contribution in [0.5, 0.6) is 11.5 Å². The van der Waals surface area contributed by atoms with E-state index in [-0.39, 0.29) is 11.5 Å². The molecule has 0 fully saturated rings. The summed E-state index contributed by atoms with van der Waals surface area (Å²) in [6.07, 6.45) is 1.04. The molecular formula is C15H9F2IO2. The van der Waals surface area contributed by atoms with Crippen molar-refractivity contribution in [3.05, 3.63) is 56.7 Å². The maximum absolute atomic E-state index is 13.2. The molecule has 0 aromatic heterocycles. The van der Waals surface area contributed by atoms with Crippen molar-refractivity contribution in [3.63, 3.8) is 0 Å². The average Bonchev–Trinajstić information content (AvgIpc) is 2.75. The Morgan fingerprint density at radius 3 is 2.45 bits per heavy atom. The highest BCUT2D eigenvalue weighted by Crippen LogP contribution is 2.36. The van der Waals surface area contributed by atoms with E-state index in [2.05, 4.69) is 22.6 Å². The van der Waals surface area contributed by atoms with Gasteiger partial charge in [0.25, 0.3) is 0 Å². The van der Waals surface area contributed by atoms with Crippen LogP contribution in [-0.4, -0.2) is 5.78 Å². The van der Waals surface area contributed by atoms with Gasteiger partial charge in [-0.25, -0.2) is 8.78 Å². The number of halogens is 3. The van der Waals surface area contributed by atoms with E-state index in [1.807, 2.05) is 0 Å². The second-order valence-corrected chi connectivity index (χ2v) is 5.69. The molecule has 1 aliphatic rings. The van der Waals surface area contributed by atoms with Gasteiger partial charge in [0.1, 0.15) is 23.1 Å². The van der Waals surface area contributed by atoms with Crippen molar-refractivity contribution in [2.75, 3.05) is 0 Å². The predicted molar refractivity (Wildman–Crippen MR) is 78.2 cm³/mol. The highest BCUT2D eigenvalue weighted by atomic mass is 127. The van der Waals surface area contributed by atoms with E-state index in [9.17, 15) is 13.6 Å². The van der Waals surface area contributed by atoms with Gasteiger partial charge in [0.2, 0.25) is 0 Å². The molecule has 0 spiro atoms. The minimum Gasteiger partial charge on any atom is -0.457 e. The quantitative estimate of drug-likeness (QED) is 0.711. The first-order chi connectivity index (χ1) is 9.54. The summed E-state index contributed by atoms with van der Waals surface area (Å²) in [5, 5.41) is 0. The van der Waals surface area contributed by atoms with Crippen LogP contribution in [0.2, 0.25) is 0 Å². The van der Waals surface area contributed by atoms with Gasteiger partial charge in [-0.05, 0) is 41.1 Å². The molecule has 1 aliphatic carbocycles. The second-order valence-electron chi connectivity index (χ2n) is 4.53. The molecule has 0 saturated carbocycles. The third-order valence-electron chi connectivity index (χ3n) is 3.16. The molecule has 0 heterocycles. The molecule has 0 unspecified atom stereocenters. The minimum absolute atomic E-state index is 0.0836. The molecule has 0 saturated heterocycles. The molecule has 3 rings (SSSR count). The Balaban J connectivity index is 2.02. The summed E-state index contributed by atoms with van der Waals surface area (Å²) in [6, 6.07) is 6.51. The summed E-state index contributed by atoms with van der Waals surface area (Å²) >= 11 is 2.10. The number of carbonyl (C=O) groups excluding carboxylic acids is 1. The van der Waals surface area contributed by atoms with Crippen molar-refractivity contribution >= 4 is 28.4 Å². The highest BCUT2D eigenvalue weighted by molar-refractivity contribution is 14.1. The topological polar surface area (TPSA) is 26.3 Å². The third-order valence-corrected chi connectivity index (χ3v) is 4.06. The van der Waals surface area contributed by atoms with Gasteiger partial charge in [0.15, 0.2) is 5.78 Å². The van der Waals surface area contributed by atoms with Gasteiger partial charge in [0.05, 0.1) is 0 Å². The number of benzene rings is 2. The van der Waals surface area contributed by atoms with Crippen LogP contribution in [0.4, 0.5) is 8.78 Å². The fourth-order valence-corrected chi connectivity index (χ4v) is 3.13. The van der Waals surface area contributed by atoms with Gasteiger partial charge in [-0.1, -0.05) is 0 Å². The predicted octanol–water partition coefficient (Wildman–Crippen LogP) is 4.49. The van der Waals surface area contributed by atoms with Gasteiger partial charge in [-0.15, -0.1) is 0 Å². The van der Waals surface area contributed by atoms with E-state index >= 15 is 0 Å². The van der Waals surface area contributed by atoms with E-state index in [0.29, 0.717) is 24.2 Å². The molecule has 0 atom stereocenters. The van der Waals surface area contributed by atoms with Crippen LogP contribution in [-0.2, 0) is 6.42 Å². The molecule has 0 amide bonds. The van der Waals surface area contributed by atoms with Gasteiger partial charge < -0.3 is 4.74 Å². The van der Waals surface area contributed by atoms with Crippen LogP contribution in [0, 0.1) is 15.2 Å². The van der Waals surface area contributed by atoms with Crippen molar-refractivity contribution in [3.8, 4) is 11.5 Å². The number of hydrogen-bond acceptors (Lipinski definition) is 2. The lowest BCUT2D eigenvalue weighted by Gasteiger charge is -2.11. The van der Waals surface area contributed by atoms with E-state index < -0.39 is 11.6 Å². The molecule has 0 bridgehead atoms. The summed E-state index contributed by atoms with van der Waals surface area (Å²) in [5.41, 5.74) is 1.48. The summed E-state index contributed by atoms with van der Waals surface area (Å²) in [6.45, 7) is 0. The smallest absolute Gasteiger partial charge is 0.164 e. The minimum atomic E-state index is -0.696. The Kier molecular flexibility index (Phi) is 3.45. The number of fused-ring (bicyclic) bond motifs is 1. The maximum atomic E-state index is 13.2. The molecule has 2 nitrogen and oxygen atoms in total. The number of carbonyl (C=O) groups is 1. The lowest BCUT2D eigenvalue weighted by atomic mass is 10.1. The van der Waals surface area contributed by atoms with Crippen LogP contribution in [0.25, 0.3) is 0 Å². The van der Waals surface area contributed by atoms with E-state index in [1.54, 1.807) is 12.1 Å². The fraction of sp³-hybridized carbons (Fsp3) is 0.133. The van der Waals surface area contributed by atoms with E-state index in [4.69, 9.17) is 4.74 Å². The van der Waals surface area contributed by atoms with Crippen molar-refractivity contribution in [1.82, 2.24) is 0 Å². The van der Waals surface area contributed by atoms with Crippen LogP contribution < -0.4 is 4.74 Å². The first-order valence-electron chi connectivity index (χ1n) is 6.03. The third kappa shape index (κ3) is 2.42. The van der Waals surface area contributed by atoms with Gasteiger partial charge in [0, 0.05) is 39.3 Å². The molecule has 2 aromatic rings. The molecular weight excluding hydrogens is 377 g/mol. The average molecular weight is 386 g/mol. The van der Waals surface area contributed by atoms with Gasteiger partial charge >= 0.3 is 0 Å². The summed E-state index contributed by atoms with van der Waals surface area (Å²) in [7, 11) is 0. The largest absolute Gasteiger partial charge is 0.457 e. The van der Waals surface area contributed by atoms with Gasteiger partial charge in [-0.2, -0.15) is 0 Å². The second kappa shape index (κ2) is 5.12. The summed E-state index contributed by atoms with van der Waals surface area (Å²) in [4.78, 5) is 11.8. The van der Waals surface area contributed by atoms with Crippen molar-refractivity contribution < 1.29 is 18.3 Å². The maximum Gasteiger partial charge on any atom is 0.164 e. The first-order valence-corrected chi connectivity index (χ1v) is 7.11. The lowest BCUT2D eigenvalue weighted by Crippen LogP contribution is -1.97. The van der Waals surface area contributed by atoms with Gasteiger partial charge in [-0.3, -0.25) is 4.79 Å². The Hall–Kier alpha value is -1.50. The number of ether oxygens (including phenoxy) is 1. The van der Waals surface area contributed by atoms with Crippen LogP contribution in [0.3, 0.4) is 0 Å². The monoisotopic (exact) mass is 386 g/mol.